The van der Waals surface area contributed by atoms with Gasteiger partial charge in [-0.2, -0.15) is 0 Å². The Morgan fingerprint density at radius 2 is 1.86 bits per heavy atom. The van der Waals surface area contributed by atoms with Crippen molar-refractivity contribution in [3.05, 3.63) is 64.5 Å². The molecule has 0 aliphatic carbocycles. The number of aryl methyl sites for hydroxylation is 1. The highest BCUT2D eigenvalue weighted by Gasteiger charge is 2.21. The summed E-state index contributed by atoms with van der Waals surface area (Å²) in [5.74, 6) is 0.882. The SMILES string of the molecule is CCCCc1ccc(OC)c(-c2csc(NC(=O)c3ccc(C(=O)NCC4CCN(CC)C4)cc3)n2)c1. The highest BCUT2D eigenvalue weighted by molar-refractivity contribution is 7.14. The first-order valence-corrected chi connectivity index (χ1v) is 13.9. The molecule has 0 radical (unpaired) electrons. The summed E-state index contributed by atoms with van der Waals surface area (Å²) < 4.78 is 5.55. The van der Waals surface area contributed by atoms with Crippen LogP contribution >= 0.6 is 11.3 Å². The minimum atomic E-state index is -0.262. The third-order valence-corrected chi connectivity index (χ3v) is 7.62. The minimum absolute atomic E-state index is 0.110. The van der Waals surface area contributed by atoms with E-state index in [4.69, 9.17) is 4.74 Å². The van der Waals surface area contributed by atoms with E-state index < -0.39 is 0 Å². The number of methoxy groups -OCH3 is 1. The standard InChI is InChI=1S/C29H36N4O3S/c1-4-6-7-20-8-13-26(36-3)24(16-20)25-19-37-29(31-25)32-28(35)23-11-9-22(10-12-23)27(34)30-17-21-14-15-33(5-2)18-21/h8-13,16,19,21H,4-7,14-15,17-18H2,1-3H3,(H,30,34)(H,31,32,35). The van der Waals surface area contributed by atoms with Gasteiger partial charge in [-0.15, -0.1) is 11.3 Å². The molecule has 0 bridgehead atoms. The molecule has 7 nitrogen and oxygen atoms in total. The second-order valence-corrected chi connectivity index (χ2v) is 10.3. The van der Waals surface area contributed by atoms with Crippen molar-refractivity contribution in [3.63, 3.8) is 0 Å². The molecule has 196 valence electrons. The molecule has 1 aliphatic heterocycles. The van der Waals surface area contributed by atoms with Crippen LogP contribution in [0.25, 0.3) is 11.3 Å². The van der Waals surface area contributed by atoms with Crippen molar-refractivity contribution in [3.8, 4) is 17.0 Å². The number of ether oxygens (including phenoxy) is 1. The molecule has 0 spiro atoms. The second-order valence-electron chi connectivity index (χ2n) is 9.47. The number of hydrogen-bond donors (Lipinski definition) is 2. The molecule has 2 amide bonds. The van der Waals surface area contributed by atoms with Crippen LogP contribution < -0.4 is 15.4 Å². The van der Waals surface area contributed by atoms with E-state index in [-0.39, 0.29) is 11.8 Å². The van der Waals surface area contributed by atoms with E-state index in [9.17, 15) is 9.59 Å². The molecule has 1 aromatic heterocycles. The molecule has 1 atom stereocenters. The van der Waals surface area contributed by atoms with Gasteiger partial charge in [0, 0.05) is 35.2 Å². The normalized spacial score (nSPS) is 15.5. The Bertz CT molecular complexity index is 1210. The third kappa shape index (κ3) is 6.96. The molecule has 37 heavy (non-hydrogen) atoms. The fraction of sp³-hybridized carbons (Fsp3) is 0.414. The fourth-order valence-corrected chi connectivity index (χ4v) is 5.30. The van der Waals surface area contributed by atoms with Gasteiger partial charge in [0.15, 0.2) is 5.13 Å². The number of aromatic nitrogens is 1. The molecular formula is C29H36N4O3S. The van der Waals surface area contributed by atoms with Gasteiger partial charge in [0.1, 0.15) is 5.75 Å². The zero-order valence-electron chi connectivity index (χ0n) is 21.9. The monoisotopic (exact) mass is 520 g/mol. The number of anilines is 1. The molecule has 1 saturated heterocycles. The lowest BCUT2D eigenvalue weighted by atomic mass is 10.0. The smallest absolute Gasteiger partial charge is 0.257 e. The predicted octanol–water partition coefficient (Wildman–Crippen LogP) is 5.49. The summed E-state index contributed by atoms with van der Waals surface area (Å²) in [7, 11) is 1.65. The molecule has 2 heterocycles. The Labute approximate surface area is 223 Å². The van der Waals surface area contributed by atoms with Crippen LogP contribution in [0.3, 0.4) is 0 Å². The Balaban J connectivity index is 1.35. The van der Waals surface area contributed by atoms with Crippen molar-refractivity contribution in [1.29, 1.82) is 0 Å². The number of hydrogen-bond acceptors (Lipinski definition) is 6. The maximum Gasteiger partial charge on any atom is 0.257 e. The van der Waals surface area contributed by atoms with Gasteiger partial charge in [-0.3, -0.25) is 14.9 Å². The van der Waals surface area contributed by atoms with E-state index in [1.54, 1.807) is 31.4 Å². The highest BCUT2D eigenvalue weighted by Crippen LogP contribution is 2.33. The van der Waals surface area contributed by atoms with E-state index in [2.05, 4.69) is 46.5 Å². The molecule has 1 aliphatic rings. The minimum Gasteiger partial charge on any atom is -0.496 e. The van der Waals surface area contributed by atoms with Crippen molar-refractivity contribution in [2.45, 2.75) is 39.5 Å². The molecule has 0 saturated carbocycles. The molecule has 4 rings (SSSR count). The van der Waals surface area contributed by atoms with E-state index in [0.29, 0.717) is 28.7 Å². The molecule has 1 fully saturated rings. The van der Waals surface area contributed by atoms with Crippen LogP contribution in [0.2, 0.25) is 0 Å². The van der Waals surface area contributed by atoms with Gasteiger partial charge in [0.2, 0.25) is 0 Å². The summed E-state index contributed by atoms with van der Waals surface area (Å²) in [5, 5.41) is 8.35. The fourth-order valence-electron chi connectivity index (χ4n) is 4.59. The van der Waals surface area contributed by atoms with Gasteiger partial charge >= 0.3 is 0 Å². The van der Waals surface area contributed by atoms with Gasteiger partial charge in [-0.1, -0.05) is 26.3 Å². The van der Waals surface area contributed by atoms with E-state index in [1.165, 1.54) is 16.9 Å². The second kappa shape index (κ2) is 12.8. The Morgan fingerprint density at radius 1 is 1.11 bits per heavy atom. The van der Waals surface area contributed by atoms with Crippen LogP contribution in [-0.4, -0.2) is 55.0 Å². The lowest BCUT2D eigenvalue weighted by Gasteiger charge is -2.13. The third-order valence-electron chi connectivity index (χ3n) is 6.86. The topological polar surface area (TPSA) is 83.6 Å². The first kappa shape index (κ1) is 26.8. The largest absolute Gasteiger partial charge is 0.496 e. The van der Waals surface area contributed by atoms with Crippen LogP contribution in [0.4, 0.5) is 5.13 Å². The van der Waals surface area contributed by atoms with Crippen LogP contribution in [0, 0.1) is 5.92 Å². The highest BCUT2D eigenvalue weighted by atomic mass is 32.1. The van der Waals surface area contributed by atoms with Crippen LogP contribution in [0.1, 0.15) is 59.4 Å². The zero-order valence-corrected chi connectivity index (χ0v) is 22.7. The molecule has 1 unspecified atom stereocenters. The Hall–Kier alpha value is -3.23. The summed E-state index contributed by atoms with van der Waals surface area (Å²) in [4.78, 5) is 32.4. The van der Waals surface area contributed by atoms with E-state index in [1.807, 2.05) is 11.4 Å². The molecule has 2 N–H and O–H groups in total. The molecule has 3 aromatic rings. The van der Waals surface area contributed by atoms with Crippen molar-refractivity contribution < 1.29 is 14.3 Å². The van der Waals surface area contributed by atoms with Gasteiger partial charge < -0.3 is 15.0 Å². The number of nitrogens with one attached hydrogen (secondary N) is 2. The number of unbranched alkanes of at least 4 members (excludes halogenated alkanes) is 1. The number of carbonyl (C=O) groups excluding carboxylic acids is 2. The number of amides is 2. The molecular weight excluding hydrogens is 484 g/mol. The number of rotatable bonds is 11. The number of benzene rings is 2. The number of nitrogens with zero attached hydrogens (tertiary/aromatic N) is 2. The summed E-state index contributed by atoms with van der Waals surface area (Å²) in [6.07, 6.45) is 4.39. The lowest BCUT2D eigenvalue weighted by molar-refractivity contribution is 0.0945. The van der Waals surface area contributed by atoms with Gasteiger partial charge in [0.05, 0.1) is 12.8 Å². The average Bonchev–Trinajstić information content (AvgIpc) is 3.60. The maximum atomic E-state index is 12.8. The van der Waals surface area contributed by atoms with Crippen LogP contribution in [-0.2, 0) is 6.42 Å². The van der Waals surface area contributed by atoms with Gasteiger partial charge in [0.25, 0.3) is 11.8 Å². The van der Waals surface area contributed by atoms with Crippen LogP contribution in [0.5, 0.6) is 5.75 Å². The first-order valence-electron chi connectivity index (χ1n) is 13.1. The Kier molecular flexibility index (Phi) is 9.30. The van der Waals surface area contributed by atoms with Crippen LogP contribution in [0.15, 0.2) is 47.8 Å². The summed E-state index contributed by atoms with van der Waals surface area (Å²) in [6, 6.07) is 12.9. The Morgan fingerprint density at radius 3 is 2.54 bits per heavy atom. The van der Waals surface area contributed by atoms with Crippen molar-refractivity contribution in [1.82, 2.24) is 15.2 Å². The summed E-state index contributed by atoms with van der Waals surface area (Å²) in [5.41, 5.74) is 3.96. The van der Waals surface area contributed by atoms with E-state index in [0.717, 1.165) is 62.3 Å². The molecule has 2 aromatic carbocycles. The summed E-state index contributed by atoms with van der Waals surface area (Å²) >= 11 is 1.37. The quantitative estimate of drug-likeness (QED) is 0.350. The summed E-state index contributed by atoms with van der Waals surface area (Å²) in [6.45, 7) is 8.20. The van der Waals surface area contributed by atoms with Crippen molar-refractivity contribution in [2.24, 2.45) is 5.92 Å². The predicted molar refractivity (Wildman–Crippen MR) is 150 cm³/mol. The lowest BCUT2D eigenvalue weighted by Crippen LogP contribution is -2.31. The molecule has 8 heteroatoms. The number of likely N-dealkylation sites (tertiary alicyclic amines) is 1. The van der Waals surface area contributed by atoms with E-state index >= 15 is 0 Å². The maximum absolute atomic E-state index is 12.8. The first-order chi connectivity index (χ1) is 18.0. The van der Waals surface area contributed by atoms with Gasteiger partial charge in [-0.05, 0) is 80.2 Å². The van der Waals surface area contributed by atoms with Crippen molar-refractivity contribution in [2.75, 3.05) is 38.6 Å². The van der Waals surface area contributed by atoms with Gasteiger partial charge in [-0.25, -0.2) is 4.98 Å². The number of carbonyl (C=O) groups is 2. The average molecular weight is 521 g/mol. The van der Waals surface area contributed by atoms with Crippen molar-refractivity contribution >= 4 is 28.3 Å². The number of thiazole rings is 1. The zero-order chi connectivity index (χ0) is 26.2.